The molecule has 1 saturated carbocycles. The molecule has 2 heteroatoms. The Morgan fingerprint density at radius 3 is 2.69 bits per heavy atom. The van der Waals surface area contributed by atoms with Gasteiger partial charge in [0.25, 0.3) is 0 Å². The largest absolute Gasteiger partial charge is 0.313 e. The first-order chi connectivity index (χ1) is 7.68. The Morgan fingerprint density at radius 1 is 1.31 bits per heavy atom. The average molecular weight is 241 g/mol. The predicted octanol–water partition coefficient (Wildman–Crippen LogP) is 3.83. The Hall–Kier alpha value is 0.310. The third-order valence-corrected chi connectivity index (χ3v) is 5.82. The van der Waals surface area contributed by atoms with Crippen LogP contribution in [0.4, 0.5) is 0 Å². The summed E-state index contributed by atoms with van der Waals surface area (Å²) in [5, 5.41) is 3.77. The quantitative estimate of drug-likeness (QED) is 0.785. The minimum absolute atomic E-state index is 0.532. The lowest BCUT2D eigenvalue weighted by atomic mass is 9.98. The fourth-order valence-electron chi connectivity index (χ4n) is 3.20. The molecule has 94 valence electrons. The van der Waals surface area contributed by atoms with E-state index < -0.39 is 0 Å². The molecule has 1 aliphatic carbocycles. The number of hydrogen-bond acceptors (Lipinski definition) is 2. The van der Waals surface area contributed by atoms with E-state index in [2.05, 4.69) is 30.9 Å². The Morgan fingerprint density at radius 2 is 2.06 bits per heavy atom. The Kier molecular flexibility index (Phi) is 4.60. The highest BCUT2D eigenvalue weighted by Gasteiger charge is 2.29. The first-order valence-electron chi connectivity index (χ1n) is 7.05. The summed E-state index contributed by atoms with van der Waals surface area (Å²) >= 11 is 2.17. The Balaban J connectivity index is 1.64. The summed E-state index contributed by atoms with van der Waals surface area (Å²) in [6.45, 7) is 6.02. The normalized spacial score (nSPS) is 33.4. The molecule has 2 atom stereocenters. The zero-order valence-electron chi connectivity index (χ0n) is 10.9. The Bertz CT molecular complexity index is 205. The standard InChI is InChI=1S/C14H27NS/c1-12(10-13-6-3-4-7-13)15-11-14(2)8-5-9-16-14/h12-13,15H,3-11H2,1-2H3. The van der Waals surface area contributed by atoms with Crippen molar-refractivity contribution in [3.8, 4) is 0 Å². The van der Waals surface area contributed by atoms with Crippen LogP contribution < -0.4 is 5.32 Å². The molecule has 0 amide bonds. The fourth-order valence-corrected chi connectivity index (χ4v) is 4.45. The van der Waals surface area contributed by atoms with Crippen LogP contribution in [-0.4, -0.2) is 23.1 Å². The summed E-state index contributed by atoms with van der Waals surface area (Å²) < 4.78 is 0.532. The zero-order chi connectivity index (χ0) is 11.4. The number of hydrogen-bond donors (Lipinski definition) is 1. The van der Waals surface area contributed by atoms with Crippen LogP contribution in [0.15, 0.2) is 0 Å². The van der Waals surface area contributed by atoms with Crippen molar-refractivity contribution in [1.29, 1.82) is 0 Å². The SMILES string of the molecule is CC(CC1CCCC1)NCC1(C)CCCS1. The zero-order valence-corrected chi connectivity index (χ0v) is 11.7. The van der Waals surface area contributed by atoms with Gasteiger partial charge >= 0.3 is 0 Å². The lowest BCUT2D eigenvalue weighted by molar-refractivity contribution is 0.389. The van der Waals surface area contributed by atoms with Gasteiger partial charge in [-0.2, -0.15) is 11.8 Å². The highest BCUT2D eigenvalue weighted by molar-refractivity contribution is 8.00. The van der Waals surface area contributed by atoms with Gasteiger partial charge < -0.3 is 5.32 Å². The summed E-state index contributed by atoms with van der Waals surface area (Å²) in [5.41, 5.74) is 0. The van der Waals surface area contributed by atoms with E-state index in [-0.39, 0.29) is 0 Å². The van der Waals surface area contributed by atoms with Crippen molar-refractivity contribution in [2.45, 2.75) is 69.6 Å². The molecular formula is C14H27NS. The molecule has 2 aliphatic rings. The third-order valence-electron chi connectivity index (χ3n) is 4.29. The van der Waals surface area contributed by atoms with Crippen LogP contribution in [0.5, 0.6) is 0 Å². The summed E-state index contributed by atoms with van der Waals surface area (Å²) in [6.07, 6.45) is 10.1. The molecule has 0 bridgehead atoms. The van der Waals surface area contributed by atoms with Gasteiger partial charge in [0, 0.05) is 17.3 Å². The number of thioether (sulfide) groups is 1. The molecule has 0 aromatic rings. The third kappa shape index (κ3) is 3.66. The van der Waals surface area contributed by atoms with Crippen LogP contribution in [0.2, 0.25) is 0 Å². The van der Waals surface area contributed by atoms with Crippen LogP contribution in [-0.2, 0) is 0 Å². The van der Waals surface area contributed by atoms with Crippen molar-refractivity contribution in [1.82, 2.24) is 5.32 Å². The van der Waals surface area contributed by atoms with Gasteiger partial charge in [-0.15, -0.1) is 0 Å². The van der Waals surface area contributed by atoms with Crippen LogP contribution in [0.25, 0.3) is 0 Å². The second-order valence-corrected chi connectivity index (χ2v) is 7.75. The molecule has 16 heavy (non-hydrogen) atoms. The van der Waals surface area contributed by atoms with Gasteiger partial charge in [-0.25, -0.2) is 0 Å². The smallest absolute Gasteiger partial charge is 0.0256 e. The van der Waals surface area contributed by atoms with E-state index >= 15 is 0 Å². The number of rotatable bonds is 5. The molecule has 1 aliphatic heterocycles. The fraction of sp³-hybridized carbons (Fsp3) is 1.00. The van der Waals surface area contributed by atoms with Crippen molar-refractivity contribution < 1.29 is 0 Å². The molecule has 2 rings (SSSR count). The summed E-state index contributed by atoms with van der Waals surface area (Å²) in [4.78, 5) is 0. The van der Waals surface area contributed by atoms with E-state index in [1.165, 1.54) is 57.2 Å². The molecule has 1 N–H and O–H groups in total. The van der Waals surface area contributed by atoms with E-state index in [9.17, 15) is 0 Å². The van der Waals surface area contributed by atoms with Crippen LogP contribution in [0, 0.1) is 5.92 Å². The van der Waals surface area contributed by atoms with Gasteiger partial charge in [-0.3, -0.25) is 0 Å². The van der Waals surface area contributed by atoms with Gasteiger partial charge in [0.1, 0.15) is 0 Å². The van der Waals surface area contributed by atoms with Gasteiger partial charge in [0.2, 0.25) is 0 Å². The lowest BCUT2D eigenvalue weighted by Crippen LogP contribution is -2.38. The monoisotopic (exact) mass is 241 g/mol. The van der Waals surface area contributed by atoms with E-state index in [0.717, 1.165) is 12.0 Å². The predicted molar refractivity (Wildman–Crippen MR) is 74.1 cm³/mol. The van der Waals surface area contributed by atoms with Gasteiger partial charge in [-0.1, -0.05) is 25.7 Å². The van der Waals surface area contributed by atoms with Crippen molar-refractivity contribution in [2.75, 3.05) is 12.3 Å². The molecule has 1 nitrogen and oxygen atoms in total. The summed E-state index contributed by atoms with van der Waals surface area (Å²) in [7, 11) is 0. The first kappa shape index (κ1) is 12.8. The van der Waals surface area contributed by atoms with E-state index in [1.807, 2.05) is 0 Å². The molecular weight excluding hydrogens is 214 g/mol. The van der Waals surface area contributed by atoms with E-state index in [4.69, 9.17) is 0 Å². The maximum atomic E-state index is 3.77. The molecule has 1 heterocycles. The molecule has 0 radical (unpaired) electrons. The molecule has 1 saturated heterocycles. The minimum Gasteiger partial charge on any atom is -0.313 e. The minimum atomic E-state index is 0.532. The second kappa shape index (κ2) is 5.77. The van der Waals surface area contributed by atoms with Crippen molar-refractivity contribution >= 4 is 11.8 Å². The molecule has 0 aromatic carbocycles. The number of nitrogens with one attached hydrogen (secondary N) is 1. The molecule has 2 unspecified atom stereocenters. The molecule has 2 fully saturated rings. The average Bonchev–Trinajstić information content (AvgIpc) is 2.88. The summed E-state index contributed by atoms with van der Waals surface area (Å²) in [6, 6.07) is 0.723. The van der Waals surface area contributed by atoms with Gasteiger partial charge in [-0.05, 0) is 44.8 Å². The van der Waals surface area contributed by atoms with Crippen LogP contribution >= 0.6 is 11.8 Å². The van der Waals surface area contributed by atoms with E-state index in [0.29, 0.717) is 4.75 Å². The summed E-state index contributed by atoms with van der Waals surface area (Å²) in [5.74, 6) is 2.39. The highest BCUT2D eigenvalue weighted by atomic mass is 32.2. The molecule has 0 spiro atoms. The van der Waals surface area contributed by atoms with Crippen molar-refractivity contribution in [2.24, 2.45) is 5.92 Å². The maximum Gasteiger partial charge on any atom is 0.0256 e. The van der Waals surface area contributed by atoms with Crippen molar-refractivity contribution in [3.05, 3.63) is 0 Å². The first-order valence-corrected chi connectivity index (χ1v) is 8.04. The van der Waals surface area contributed by atoms with E-state index in [1.54, 1.807) is 0 Å². The van der Waals surface area contributed by atoms with Crippen LogP contribution in [0.3, 0.4) is 0 Å². The van der Waals surface area contributed by atoms with Gasteiger partial charge in [0.05, 0.1) is 0 Å². The van der Waals surface area contributed by atoms with Crippen molar-refractivity contribution in [3.63, 3.8) is 0 Å². The highest BCUT2D eigenvalue weighted by Crippen LogP contribution is 2.37. The van der Waals surface area contributed by atoms with Gasteiger partial charge in [0.15, 0.2) is 0 Å². The lowest BCUT2D eigenvalue weighted by Gasteiger charge is -2.26. The maximum absolute atomic E-state index is 3.77. The molecule has 0 aromatic heterocycles. The Labute approximate surface area is 105 Å². The second-order valence-electron chi connectivity index (χ2n) is 6.07. The topological polar surface area (TPSA) is 12.0 Å². The van der Waals surface area contributed by atoms with Crippen LogP contribution in [0.1, 0.15) is 58.8 Å².